The summed E-state index contributed by atoms with van der Waals surface area (Å²) in [6.45, 7) is 10.0. The first kappa shape index (κ1) is 16.5. The Balaban J connectivity index is 2.17. The van der Waals surface area contributed by atoms with Crippen LogP contribution in [0.15, 0.2) is 24.3 Å². The van der Waals surface area contributed by atoms with Crippen LogP contribution in [0.4, 0.5) is 0 Å². The van der Waals surface area contributed by atoms with E-state index in [2.05, 4.69) is 49.9 Å². The van der Waals surface area contributed by atoms with E-state index in [4.69, 9.17) is 5.73 Å². The first-order valence-electron chi connectivity index (χ1n) is 8.57. The zero-order valence-electron chi connectivity index (χ0n) is 14.1. The first-order chi connectivity index (χ1) is 10.0. The van der Waals surface area contributed by atoms with Crippen LogP contribution in [0.5, 0.6) is 0 Å². The van der Waals surface area contributed by atoms with Crippen molar-refractivity contribution in [2.75, 3.05) is 19.6 Å². The largest absolute Gasteiger partial charge is 0.330 e. The van der Waals surface area contributed by atoms with Gasteiger partial charge in [0.1, 0.15) is 0 Å². The molecule has 1 fully saturated rings. The minimum absolute atomic E-state index is 0.227. The van der Waals surface area contributed by atoms with Gasteiger partial charge in [0, 0.05) is 6.04 Å². The number of rotatable bonds is 4. The van der Waals surface area contributed by atoms with Crippen molar-refractivity contribution in [1.82, 2.24) is 4.90 Å². The Labute approximate surface area is 130 Å². The minimum Gasteiger partial charge on any atom is -0.330 e. The van der Waals surface area contributed by atoms with E-state index >= 15 is 0 Å². The summed E-state index contributed by atoms with van der Waals surface area (Å²) in [6.07, 6.45) is 6.50. The predicted octanol–water partition coefficient (Wildman–Crippen LogP) is 4.25. The Morgan fingerprint density at radius 1 is 1.00 bits per heavy atom. The summed E-state index contributed by atoms with van der Waals surface area (Å²) in [4.78, 5) is 2.66. The Morgan fingerprint density at radius 3 is 2.05 bits per heavy atom. The Morgan fingerprint density at radius 2 is 1.57 bits per heavy atom. The summed E-state index contributed by atoms with van der Waals surface area (Å²) in [5, 5.41) is 0. The monoisotopic (exact) mass is 288 g/mol. The van der Waals surface area contributed by atoms with Crippen molar-refractivity contribution in [3.05, 3.63) is 35.4 Å². The maximum atomic E-state index is 5.88. The van der Waals surface area contributed by atoms with E-state index in [1.54, 1.807) is 0 Å². The second-order valence-electron chi connectivity index (χ2n) is 7.42. The normalized spacial score (nSPS) is 19.2. The van der Waals surface area contributed by atoms with Gasteiger partial charge in [-0.25, -0.2) is 0 Å². The summed E-state index contributed by atoms with van der Waals surface area (Å²) in [5.41, 5.74) is 8.96. The van der Waals surface area contributed by atoms with Crippen LogP contribution in [0, 0.1) is 0 Å². The molecule has 1 aliphatic rings. The van der Waals surface area contributed by atoms with E-state index < -0.39 is 0 Å². The lowest BCUT2D eigenvalue weighted by Gasteiger charge is -2.31. The van der Waals surface area contributed by atoms with Gasteiger partial charge in [-0.15, -0.1) is 0 Å². The van der Waals surface area contributed by atoms with Crippen molar-refractivity contribution in [2.24, 2.45) is 5.73 Å². The topological polar surface area (TPSA) is 29.3 Å². The maximum absolute atomic E-state index is 5.88. The van der Waals surface area contributed by atoms with Crippen LogP contribution in [0.25, 0.3) is 0 Å². The van der Waals surface area contributed by atoms with Gasteiger partial charge in [0.05, 0.1) is 0 Å². The van der Waals surface area contributed by atoms with E-state index in [1.165, 1.54) is 49.9 Å². The smallest absolute Gasteiger partial charge is 0.0360 e. The number of hydrogen-bond acceptors (Lipinski definition) is 2. The Hall–Kier alpha value is -0.860. The molecular weight excluding hydrogens is 256 g/mol. The molecule has 0 saturated carbocycles. The van der Waals surface area contributed by atoms with E-state index in [9.17, 15) is 0 Å². The standard InChI is InChI=1S/C19H32N2/c1-19(2,3)17-10-8-16(9-11-17)18(12-13-20)21-14-6-4-5-7-15-21/h8-11,18H,4-7,12-15,20H2,1-3H3. The average molecular weight is 288 g/mol. The van der Waals surface area contributed by atoms with Gasteiger partial charge in [0.15, 0.2) is 0 Å². The molecule has 21 heavy (non-hydrogen) atoms. The average Bonchev–Trinajstić information content (AvgIpc) is 2.73. The fourth-order valence-corrected chi connectivity index (χ4v) is 3.33. The highest BCUT2D eigenvalue weighted by Crippen LogP contribution is 2.29. The molecule has 2 rings (SSSR count). The third kappa shape index (κ3) is 4.55. The SMILES string of the molecule is CC(C)(C)c1ccc(C(CCN)N2CCCCCC2)cc1. The zero-order chi connectivity index (χ0) is 15.3. The summed E-state index contributed by atoms with van der Waals surface area (Å²) in [7, 11) is 0. The Kier molecular flexibility index (Phi) is 5.83. The molecule has 2 N–H and O–H groups in total. The number of hydrogen-bond donors (Lipinski definition) is 1. The highest BCUT2D eigenvalue weighted by atomic mass is 15.2. The van der Waals surface area contributed by atoms with Gasteiger partial charge in [-0.2, -0.15) is 0 Å². The lowest BCUT2D eigenvalue weighted by atomic mass is 9.86. The van der Waals surface area contributed by atoms with Crippen molar-refractivity contribution >= 4 is 0 Å². The van der Waals surface area contributed by atoms with Gasteiger partial charge in [-0.05, 0) is 55.4 Å². The van der Waals surface area contributed by atoms with Crippen LogP contribution in [-0.2, 0) is 5.41 Å². The zero-order valence-corrected chi connectivity index (χ0v) is 14.1. The van der Waals surface area contributed by atoms with Crippen LogP contribution in [0.2, 0.25) is 0 Å². The molecule has 0 radical (unpaired) electrons. The molecule has 1 aromatic rings. The van der Waals surface area contributed by atoms with Crippen molar-refractivity contribution < 1.29 is 0 Å². The van der Waals surface area contributed by atoms with Gasteiger partial charge < -0.3 is 5.73 Å². The lowest BCUT2D eigenvalue weighted by Crippen LogP contribution is -2.31. The molecule has 1 heterocycles. The van der Waals surface area contributed by atoms with E-state index in [0.29, 0.717) is 6.04 Å². The van der Waals surface area contributed by atoms with Crippen molar-refractivity contribution in [2.45, 2.75) is 64.3 Å². The number of benzene rings is 1. The van der Waals surface area contributed by atoms with Gasteiger partial charge in [0.25, 0.3) is 0 Å². The molecule has 2 heteroatoms. The molecule has 0 spiro atoms. The van der Waals surface area contributed by atoms with E-state index in [0.717, 1.165) is 13.0 Å². The summed E-state index contributed by atoms with van der Waals surface area (Å²) in [5.74, 6) is 0. The molecule has 2 nitrogen and oxygen atoms in total. The van der Waals surface area contributed by atoms with E-state index in [-0.39, 0.29) is 5.41 Å². The lowest BCUT2D eigenvalue weighted by molar-refractivity contribution is 0.197. The van der Waals surface area contributed by atoms with Gasteiger partial charge in [-0.1, -0.05) is 57.9 Å². The van der Waals surface area contributed by atoms with Crippen molar-refractivity contribution in [3.8, 4) is 0 Å². The van der Waals surface area contributed by atoms with Crippen LogP contribution in [0.1, 0.15) is 70.0 Å². The van der Waals surface area contributed by atoms with Crippen LogP contribution in [-0.4, -0.2) is 24.5 Å². The van der Waals surface area contributed by atoms with Crippen molar-refractivity contribution in [1.29, 1.82) is 0 Å². The minimum atomic E-state index is 0.227. The molecule has 1 aliphatic heterocycles. The van der Waals surface area contributed by atoms with Crippen molar-refractivity contribution in [3.63, 3.8) is 0 Å². The molecule has 1 saturated heterocycles. The second-order valence-corrected chi connectivity index (χ2v) is 7.42. The molecule has 0 aromatic heterocycles. The molecule has 0 bridgehead atoms. The van der Waals surface area contributed by atoms with E-state index in [1.807, 2.05) is 0 Å². The summed E-state index contributed by atoms with van der Waals surface area (Å²) >= 11 is 0. The van der Waals surface area contributed by atoms with Crippen LogP contribution in [0.3, 0.4) is 0 Å². The Bertz CT molecular complexity index is 408. The van der Waals surface area contributed by atoms with Crippen LogP contribution < -0.4 is 5.73 Å². The molecule has 1 aromatic carbocycles. The molecule has 1 unspecified atom stereocenters. The number of nitrogens with two attached hydrogens (primary N) is 1. The maximum Gasteiger partial charge on any atom is 0.0360 e. The molecule has 1 atom stereocenters. The predicted molar refractivity (Wildman–Crippen MR) is 91.6 cm³/mol. The van der Waals surface area contributed by atoms with Gasteiger partial charge >= 0.3 is 0 Å². The number of likely N-dealkylation sites (tertiary alicyclic amines) is 1. The fraction of sp³-hybridized carbons (Fsp3) is 0.684. The summed E-state index contributed by atoms with van der Waals surface area (Å²) in [6, 6.07) is 9.76. The third-order valence-corrected chi connectivity index (χ3v) is 4.68. The third-order valence-electron chi connectivity index (χ3n) is 4.68. The quantitative estimate of drug-likeness (QED) is 0.897. The molecule has 0 amide bonds. The second kappa shape index (κ2) is 7.42. The number of nitrogens with zero attached hydrogens (tertiary/aromatic N) is 1. The first-order valence-corrected chi connectivity index (χ1v) is 8.57. The van der Waals surface area contributed by atoms with Gasteiger partial charge in [-0.3, -0.25) is 4.90 Å². The van der Waals surface area contributed by atoms with Gasteiger partial charge in [0.2, 0.25) is 0 Å². The molecular formula is C19H32N2. The fourth-order valence-electron chi connectivity index (χ4n) is 3.33. The highest BCUT2D eigenvalue weighted by Gasteiger charge is 2.21. The molecule has 118 valence electrons. The highest BCUT2D eigenvalue weighted by molar-refractivity contribution is 5.29. The summed E-state index contributed by atoms with van der Waals surface area (Å²) < 4.78 is 0. The van der Waals surface area contributed by atoms with Crippen LogP contribution >= 0.6 is 0 Å². The molecule has 0 aliphatic carbocycles.